The average Bonchev–Trinajstić information content (AvgIpc) is 3.01. The van der Waals surface area contributed by atoms with E-state index in [4.69, 9.17) is 4.42 Å². The van der Waals surface area contributed by atoms with Crippen LogP contribution in [0.25, 0.3) is 11.0 Å². The summed E-state index contributed by atoms with van der Waals surface area (Å²) in [6.45, 7) is 3.27. The van der Waals surface area contributed by atoms with Crippen molar-refractivity contribution < 1.29 is 8.81 Å². The Hall–Kier alpha value is -1.35. The van der Waals surface area contributed by atoms with Gasteiger partial charge in [-0.1, -0.05) is 6.92 Å². The summed E-state index contributed by atoms with van der Waals surface area (Å²) in [6, 6.07) is 7.33. The number of furan rings is 1. The minimum atomic E-state index is -0.200. The van der Waals surface area contributed by atoms with Crippen molar-refractivity contribution in [1.29, 1.82) is 0 Å². The highest BCUT2D eigenvalue weighted by Gasteiger charge is 2.27. The van der Waals surface area contributed by atoms with Crippen molar-refractivity contribution in [3.63, 3.8) is 0 Å². The van der Waals surface area contributed by atoms with Gasteiger partial charge in [-0.05, 0) is 56.5 Å². The molecule has 2 atom stereocenters. The van der Waals surface area contributed by atoms with Crippen LogP contribution in [0.5, 0.6) is 0 Å². The number of hydrogen-bond donors (Lipinski definition) is 1. The van der Waals surface area contributed by atoms with Gasteiger partial charge in [-0.2, -0.15) is 0 Å². The third kappa shape index (κ3) is 2.66. The van der Waals surface area contributed by atoms with Crippen LogP contribution >= 0.6 is 0 Å². The summed E-state index contributed by atoms with van der Waals surface area (Å²) in [5, 5.41) is 4.45. The summed E-state index contributed by atoms with van der Waals surface area (Å²) in [5.74, 6) is 1.29. The predicted octanol–water partition coefficient (Wildman–Crippen LogP) is 4.21. The Bertz CT molecular complexity index is 563. The third-order valence-electron chi connectivity index (χ3n) is 4.02. The van der Waals surface area contributed by atoms with Crippen molar-refractivity contribution in [2.75, 3.05) is 6.54 Å². The Morgan fingerprint density at radius 3 is 3.05 bits per heavy atom. The van der Waals surface area contributed by atoms with E-state index in [0.717, 1.165) is 36.1 Å². The van der Waals surface area contributed by atoms with E-state index in [1.165, 1.54) is 18.9 Å². The Balaban J connectivity index is 1.74. The first-order chi connectivity index (χ1) is 9.26. The second-order valence-electron chi connectivity index (χ2n) is 5.49. The van der Waals surface area contributed by atoms with Crippen molar-refractivity contribution in [2.24, 2.45) is 0 Å². The maximum Gasteiger partial charge on any atom is 0.134 e. The normalized spacial score (nSPS) is 23.3. The number of fused-ring (bicyclic) bond motifs is 1. The molecule has 0 amide bonds. The quantitative estimate of drug-likeness (QED) is 0.892. The van der Waals surface area contributed by atoms with Gasteiger partial charge in [0, 0.05) is 17.3 Å². The molecule has 1 heterocycles. The van der Waals surface area contributed by atoms with Gasteiger partial charge in [0.1, 0.15) is 17.2 Å². The minimum Gasteiger partial charge on any atom is -0.461 e. The molecule has 19 heavy (non-hydrogen) atoms. The molecule has 1 aliphatic carbocycles. The Kier molecular flexibility index (Phi) is 3.56. The van der Waals surface area contributed by atoms with E-state index in [1.54, 1.807) is 12.1 Å². The molecule has 3 heteroatoms. The van der Waals surface area contributed by atoms with Crippen molar-refractivity contribution in [3.05, 3.63) is 35.8 Å². The number of hydrogen-bond acceptors (Lipinski definition) is 2. The van der Waals surface area contributed by atoms with Crippen LogP contribution in [0.3, 0.4) is 0 Å². The van der Waals surface area contributed by atoms with Crippen LogP contribution in [0.15, 0.2) is 28.7 Å². The lowest BCUT2D eigenvalue weighted by Gasteiger charge is -2.11. The number of halogens is 1. The van der Waals surface area contributed by atoms with E-state index in [2.05, 4.69) is 12.2 Å². The molecule has 2 aromatic rings. The highest BCUT2D eigenvalue weighted by Crippen LogP contribution is 2.37. The van der Waals surface area contributed by atoms with E-state index >= 15 is 0 Å². The molecule has 1 fully saturated rings. The topological polar surface area (TPSA) is 25.2 Å². The number of nitrogens with one attached hydrogen (secondary N) is 1. The summed E-state index contributed by atoms with van der Waals surface area (Å²) in [4.78, 5) is 0. The monoisotopic (exact) mass is 261 g/mol. The van der Waals surface area contributed by atoms with Crippen LogP contribution in [0, 0.1) is 5.82 Å². The molecule has 1 saturated carbocycles. The summed E-state index contributed by atoms with van der Waals surface area (Å²) >= 11 is 0. The van der Waals surface area contributed by atoms with E-state index < -0.39 is 0 Å². The lowest BCUT2D eigenvalue weighted by atomic mass is 10.0. The van der Waals surface area contributed by atoms with E-state index in [9.17, 15) is 4.39 Å². The smallest absolute Gasteiger partial charge is 0.134 e. The molecule has 1 N–H and O–H groups in total. The summed E-state index contributed by atoms with van der Waals surface area (Å²) in [6.07, 6.45) is 4.66. The van der Waals surface area contributed by atoms with Gasteiger partial charge in [0.05, 0.1) is 0 Å². The van der Waals surface area contributed by atoms with Gasteiger partial charge in [0.2, 0.25) is 0 Å². The first-order valence-electron chi connectivity index (χ1n) is 7.18. The lowest BCUT2D eigenvalue weighted by molar-refractivity contribution is 0.473. The minimum absolute atomic E-state index is 0.200. The standard InChI is InChI=1S/C16H20FNO/c1-2-7-18-14-5-3-11(9-14)16-10-12-8-13(17)4-6-15(12)19-16/h4,6,8,10-11,14,18H,2-3,5,7,9H2,1H3. The van der Waals surface area contributed by atoms with E-state index in [0.29, 0.717) is 12.0 Å². The number of rotatable bonds is 4. The SMILES string of the molecule is CCCNC1CCC(c2cc3cc(F)ccc3o2)C1. The second kappa shape index (κ2) is 5.33. The molecular weight excluding hydrogens is 241 g/mol. The molecule has 0 spiro atoms. The van der Waals surface area contributed by atoms with Gasteiger partial charge in [-0.25, -0.2) is 4.39 Å². The summed E-state index contributed by atoms with van der Waals surface area (Å²) in [5.41, 5.74) is 0.793. The van der Waals surface area contributed by atoms with Crippen LogP contribution in [-0.4, -0.2) is 12.6 Å². The van der Waals surface area contributed by atoms with Crippen molar-refractivity contribution in [3.8, 4) is 0 Å². The van der Waals surface area contributed by atoms with Gasteiger partial charge in [0.15, 0.2) is 0 Å². The maximum atomic E-state index is 13.2. The second-order valence-corrected chi connectivity index (χ2v) is 5.49. The zero-order chi connectivity index (χ0) is 13.2. The highest BCUT2D eigenvalue weighted by molar-refractivity contribution is 5.78. The molecule has 0 radical (unpaired) electrons. The Labute approximate surface area is 113 Å². The lowest BCUT2D eigenvalue weighted by Crippen LogP contribution is -2.26. The van der Waals surface area contributed by atoms with Gasteiger partial charge in [-0.3, -0.25) is 0 Å². The van der Waals surface area contributed by atoms with Crippen LogP contribution in [0.4, 0.5) is 4.39 Å². The fourth-order valence-corrected chi connectivity index (χ4v) is 3.01. The van der Waals surface area contributed by atoms with E-state index in [-0.39, 0.29) is 5.82 Å². The van der Waals surface area contributed by atoms with Crippen molar-refractivity contribution in [2.45, 2.75) is 44.6 Å². The molecule has 0 bridgehead atoms. The average molecular weight is 261 g/mol. The summed E-state index contributed by atoms with van der Waals surface area (Å²) < 4.78 is 19.0. The van der Waals surface area contributed by atoms with Gasteiger partial charge < -0.3 is 9.73 Å². The molecule has 2 unspecified atom stereocenters. The Morgan fingerprint density at radius 1 is 1.32 bits per heavy atom. The van der Waals surface area contributed by atoms with Crippen molar-refractivity contribution in [1.82, 2.24) is 5.32 Å². The molecule has 0 aliphatic heterocycles. The fourth-order valence-electron chi connectivity index (χ4n) is 3.01. The van der Waals surface area contributed by atoms with Crippen LogP contribution in [0.2, 0.25) is 0 Å². The molecule has 1 aromatic carbocycles. The van der Waals surface area contributed by atoms with Gasteiger partial charge >= 0.3 is 0 Å². The zero-order valence-corrected chi connectivity index (χ0v) is 11.3. The zero-order valence-electron chi connectivity index (χ0n) is 11.3. The third-order valence-corrected chi connectivity index (χ3v) is 4.02. The highest BCUT2D eigenvalue weighted by atomic mass is 19.1. The molecular formula is C16H20FNO. The van der Waals surface area contributed by atoms with Crippen molar-refractivity contribution >= 4 is 11.0 Å². The van der Waals surface area contributed by atoms with Gasteiger partial charge in [0.25, 0.3) is 0 Å². The van der Waals surface area contributed by atoms with Crippen LogP contribution in [-0.2, 0) is 0 Å². The van der Waals surface area contributed by atoms with E-state index in [1.807, 2.05) is 6.07 Å². The molecule has 2 nitrogen and oxygen atoms in total. The first kappa shape index (κ1) is 12.7. The fraction of sp³-hybridized carbons (Fsp3) is 0.500. The largest absolute Gasteiger partial charge is 0.461 e. The first-order valence-corrected chi connectivity index (χ1v) is 7.18. The predicted molar refractivity (Wildman–Crippen MR) is 74.8 cm³/mol. The molecule has 102 valence electrons. The van der Waals surface area contributed by atoms with Gasteiger partial charge in [-0.15, -0.1) is 0 Å². The maximum absolute atomic E-state index is 13.2. The molecule has 3 rings (SSSR count). The van der Waals surface area contributed by atoms with Crippen LogP contribution < -0.4 is 5.32 Å². The molecule has 0 saturated heterocycles. The van der Waals surface area contributed by atoms with Crippen LogP contribution in [0.1, 0.15) is 44.3 Å². The summed E-state index contributed by atoms with van der Waals surface area (Å²) in [7, 11) is 0. The number of benzene rings is 1. The molecule has 1 aromatic heterocycles. The molecule has 1 aliphatic rings. The Morgan fingerprint density at radius 2 is 2.21 bits per heavy atom.